The summed E-state index contributed by atoms with van der Waals surface area (Å²) in [4.78, 5) is 0. The molecule has 1 saturated heterocycles. The van der Waals surface area contributed by atoms with E-state index in [1.807, 2.05) is 24.3 Å². The zero-order valence-electron chi connectivity index (χ0n) is 8.32. The molecule has 2 rings (SSSR count). The predicted molar refractivity (Wildman–Crippen MR) is 58.9 cm³/mol. The quantitative estimate of drug-likeness (QED) is 0.815. The fraction of sp³-hybridized carbons (Fsp3) is 0.455. The van der Waals surface area contributed by atoms with Gasteiger partial charge in [0.1, 0.15) is 0 Å². The SMILES string of the molecule is OC1COCC1NCc1cccc(Cl)c1. The van der Waals surface area contributed by atoms with E-state index in [9.17, 15) is 5.11 Å². The maximum absolute atomic E-state index is 9.51. The monoisotopic (exact) mass is 227 g/mol. The maximum atomic E-state index is 9.51. The Morgan fingerprint density at radius 1 is 1.47 bits per heavy atom. The minimum Gasteiger partial charge on any atom is -0.389 e. The molecule has 0 spiro atoms. The van der Waals surface area contributed by atoms with Crippen LogP contribution in [0.1, 0.15) is 5.56 Å². The Hall–Kier alpha value is -0.610. The molecule has 82 valence electrons. The number of hydrogen-bond donors (Lipinski definition) is 2. The molecule has 1 aromatic rings. The van der Waals surface area contributed by atoms with Crippen LogP contribution in [0.25, 0.3) is 0 Å². The van der Waals surface area contributed by atoms with E-state index in [2.05, 4.69) is 5.32 Å². The van der Waals surface area contributed by atoms with Crippen LogP contribution in [0.15, 0.2) is 24.3 Å². The fourth-order valence-electron chi connectivity index (χ4n) is 1.63. The predicted octanol–water partition coefficient (Wildman–Crippen LogP) is 1.19. The van der Waals surface area contributed by atoms with E-state index in [-0.39, 0.29) is 6.04 Å². The number of benzene rings is 1. The molecule has 0 aromatic heterocycles. The second-order valence-corrected chi connectivity index (χ2v) is 4.16. The molecule has 2 atom stereocenters. The molecule has 0 aliphatic carbocycles. The van der Waals surface area contributed by atoms with Gasteiger partial charge >= 0.3 is 0 Å². The standard InChI is InChI=1S/C11H14ClNO2/c12-9-3-1-2-8(4-9)5-13-10-6-15-7-11(10)14/h1-4,10-11,13-14H,5-7H2. The van der Waals surface area contributed by atoms with E-state index >= 15 is 0 Å². The first-order chi connectivity index (χ1) is 7.25. The molecule has 0 saturated carbocycles. The zero-order valence-corrected chi connectivity index (χ0v) is 9.07. The molecule has 3 nitrogen and oxygen atoms in total. The average Bonchev–Trinajstić information content (AvgIpc) is 2.61. The Morgan fingerprint density at radius 3 is 3.00 bits per heavy atom. The lowest BCUT2D eigenvalue weighted by Crippen LogP contribution is -2.38. The molecule has 0 bridgehead atoms. The Morgan fingerprint density at radius 2 is 2.33 bits per heavy atom. The Kier molecular flexibility index (Phi) is 3.59. The van der Waals surface area contributed by atoms with Crippen LogP contribution in [-0.2, 0) is 11.3 Å². The number of ether oxygens (including phenoxy) is 1. The van der Waals surface area contributed by atoms with Crippen LogP contribution in [0.3, 0.4) is 0 Å². The zero-order chi connectivity index (χ0) is 10.7. The van der Waals surface area contributed by atoms with Gasteiger partial charge in [0.05, 0.1) is 25.4 Å². The fourth-order valence-corrected chi connectivity index (χ4v) is 1.85. The van der Waals surface area contributed by atoms with Crippen molar-refractivity contribution in [3.63, 3.8) is 0 Å². The molecular formula is C11H14ClNO2. The van der Waals surface area contributed by atoms with Gasteiger partial charge in [-0.3, -0.25) is 0 Å². The van der Waals surface area contributed by atoms with Crippen LogP contribution < -0.4 is 5.32 Å². The number of halogens is 1. The Labute approximate surface area is 94.0 Å². The van der Waals surface area contributed by atoms with Crippen LogP contribution in [-0.4, -0.2) is 30.5 Å². The summed E-state index contributed by atoms with van der Waals surface area (Å²) < 4.78 is 5.14. The molecule has 1 aliphatic heterocycles. The summed E-state index contributed by atoms with van der Waals surface area (Å²) in [5.41, 5.74) is 1.11. The highest BCUT2D eigenvalue weighted by Gasteiger charge is 2.25. The minimum absolute atomic E-state index is 0.0315. The first-order valence-corrected chi connectivity index (χ1v) is 5.37. The highest BCUT2D eigenvalue weighted by atomic mass is 35.5. The van der Waals surface area contributed by atoms with E-state index in [0.29, 0.717) is 19.8 Å². The average molecular weight is 228 g/mol. The van der Waals surface area contributed by atoms with Crippen LogP contribution in [0, 0.1) is 0 Å². The number of aliphatic hydroxyl groups excluding tert-OH is 1. The van der Waals surface area contributed by atoms with Crippen molar-refractivity contribution in [2.24, 2.45) is 0 Å². The lowest BCUT2D eigenvalue weighted by molar-refractivity contribution is 0.122. The van der Waals surface area contributed by atoms with E-state index in [0.717, 1.165) is 10.6 Å². The largest absolute Gasteiger partial charge is 0.389 e. The molecule has 0 amide bonds. The number of nitrogens with one attached hydrogen (secondary N) is 1. The summed E-state index contributed by atoms with van der Waals surface area (Å²) in [5, 5.41) is 13.5. The van der Waals surface area contributed by atoms with Crippen LogP contribution >= 0.6 is 11.6 Å². The molecule has 4 heteroatoms. The van der Waals surface area contributed by atoms with Crippen molar-refractivity contribution < 1.29 is 9.84 Å². The van der Waals surface area contributed by atoms with Gasteiger partial charge in [-0.05, 0) is 17.7 Å². The van der Waals surface area contributed by atoms with Gasteiger partial charge in [-0.25, -0.2) is 0 Å². The van der Waals surface area contributed by atoms with E-state index in [1.54, 1.807) is 0 Å². The maximum Gasteiger partial charge on any atom is 0.0948 e. The second kappa shape index (κ2) is 4.94. The highest BCUT2D eigenvalue weighted by Crippen LogP contribution is 2.11. The third-order valence-electron chi connectivity index (χ3n) is 2.51. The topological polar surface area (TPSA) is 41.5 Å². The van der Waals surface area contributed by atoms with E-state index in [1.165, 1.54) is 0 Å². The molecule has 2 unspecified atom stereocenters. The van der Waals surface area contributed by atoms with Gasteiger partial charge in [0.15, 0.2) is 0 Å². The van der Waals surface area contributed by atoms with Crippen molar-refractivity contribution in [3.05, 3.63) is 34.9 Å². The molecule has 1 aromatic carbocycles. The molecule has 1 heterocycles. The molecular weight excluding hydrogens is 214 g/mol. The van der Waals surface area contributed by atoms with Crippen molar-refractivity contribution in [2.75, 3.05) is 13.2 Å². The van der Waals surface area contributed by atoms with Gasteiger partial charge < -0.3 is 15.2 Å². The van der Waals surface area contributed by atoms with Crippen LogP contribution in [0.4, 0.5) is 0 Å². The summed E-state index contributed by atoms with van der Waals surface area (Å²) in [6.07, 6.45) is -0.399. The highest BCUT2D eigenvalue weighted by molar-refractivity contribution is 6.30. The summed E-state index contributed by atoms with van der Waals surface area (Å²) in [6.45, 7) is 1.70. The molecule has 1 aliphatic rings. The van der Waals surface area contributed by atoms with Crippen LogP contribution in [0.2, 0.25) is 5.02 Å². The van der Waals surface area contributed by atoms with Gasteiger partial charge in [0, 0.05) is 11.6 Å². The normalized spacial score (nSPS) is 25.7. The third-order valence-corrected chi connectivity index (χ3v) is 2.74. The lowest BCUT2D eigenvalue weighted by atomic mass is 10.2. The number of aliphatic hydroxyl groups is 1. The van der Waals surface area contributed by atoms with Crippen molar-refractivity contribution in [2.45, 2.75) is 18.7 Å². The lowest BCUT2D eigenvalue weighted by Gasteiger charge is -2.14. The van der Waals surface area contributed by atoms with Gasteiger partial charge in [-0.15, -0.1) is 0 Å². The Bertz CT molecular complexity index is 332. The third kappa shape index (κ3) is 2.92. The molecule has 15 heavy (non-hydrogen) atoms. The summed E-state index contributed by atoms with van der Waals surface area (Å²) >= 11 is 5.87. The minimum atomic E-state index is -0.399. The van der Waals surface area contributed by atoms with Gasteiger partial charge in [0.25, 0.3) is 0 Å². The molecule has 0 radical (unpaired) electrons. The number of rotatable bonds is 3. The van der Waals surface area contributed by atoms with Crippen LogP contribution in [0.5, 0.6) is 0 Å². The van der Waals surface area contributed by atoms with E-state index < -0.39 is 6.10 Å². The number of hydrogen-bond acceptors (Lipinski definition) is 3. The van der Waals surface area contributed by atoms with Crippen molar-refractivity contribution in [1.82, 2.24) is 5.32 Å². The Balaban J connectivity index is 1.87. The first-order valence-electron chi connectivity index (χ1n) is 4.99. The van der Waals surface area contributed by atoms with Gasteiger partial charge in [-0.2, -0.15) is 0 Å². The smallest absolute Gasteiger partial charge is 0.0948 e. The molecule has 2 N–H and O–H groups in total. The van der Waals surface area contributed by atoms with E-state index in [4.69, 9.17) is 16.3 Å². The van der Waals surface area contributed by atoms with Gasteiger partial charge in [0.2, 0.25) is 0 Å². The summed E-state index contributed by atoms with van der Waals surface area (Å²) in [5.74, 6) is 0. The summed E-state index contributed by atoms with van der Waals surface area (Å²) in [6, 6.07) is 7.71. The van der Waals surface area contributed by atoms with Crippen molar-refractivity contribution in [3.8, 4) is 0 Å². The van der Waals surface area contributed by atoms with Crippen molar-refractivity contribution in [1.29, 1.82) is 0 Å². The van der Waals surface area contributed by atoms with Crippen molar-refractivity contribution >= 4 is 11.6 Å². The second-order valence-electron chi connectivity index (χ2n) is 3.72. The van der Waals surface area contributed by atoms with Gasteiger partial charge in [-0.1, -0.05) is 23.7 Å². The first kappa shape index (κ1) is 10.9. The summed E-state index contributed by atoms with van der Waals surface area (Å²) in [7, 11) is 0. The molecule has 1 fully saturated rings.